The van der Waals surface area contributed by atoms with Crippen LogP contribution in [-0.2, 0) is 10.3 Å². The lowest BCUT2D eigenvalue weighted by Gasteiger charge is -2.42. The van der Waals surface area contributed by atoms with Gasteiger partial charge in [0.1, 0.15) is 10.6 Å². The van der Waals surface area contributed by atoms with Crippen LogP contribution in [0, 0.1) is 5.41 Å². The number of thiazole rings is 1. The Morgan fingerprint density at radius 3 is 2.47 bits per heavy atom. The van der Waals surface area contributed by atoms with Crippen molar-refractivity contribution in [3.8, 4) is 0 Å². The van der Waals surface area contributed by atoms with Crippen LogP contribution in [0.25, 0.3) is 0 Å². The summed E-state index contributed by atoms with van der Waals surface area (Å²) < 4.78 is 6.15. The second-order valence-corrected chi connectivity index (χ2v) is 7.32. The summed E-state index contributed by atoms with van der Waals surface area (Å²) >= 11 is 1.71. The van der Waals surface area contributed by atoms with Crippen molar-refractivity contribution in [3.63, 3.8) is 0 Å². The molecule has 0 amide bonds. The molecule has 4 heteroatoms. The maximum absolute atomic E-state index is 6.15. The molecule has 1 heterocycles. The van der Waals surface area contributed by atoms with Crippen molar-refractivity contribution < 1.29 is 4.74 Å². The van der Waals surface area contributed by atoms with Crippen molar-refractivity contribution in [3.05, 3.63) is 16.1 Å². The molecule has 0 saturated heterocycles. The van der Waals surface area contributed by atoms with E-state index in [4.69, 9.17) is 15.5 Å². The van der Waals surface area contributed by atoms with E-state index in [0.29, 0.717) is 5.41 Å². The van der Waals surface area contributed by atoms with E-state index in [1.54, 1.807) is 11.3 Å². The molecule has 1 atom stereocenters. The van der Waals surface area contributed by atoms with Crippen molar-refractivity contribution in [1.82, 2.24) is 4.98 Å². The van der Waals surface area contributed by atoms with Crippen molar-refractivity contribution in [2.45, 2.75) is 65.0 Å². The first-order valence-corrected chi connectivity index (χ1v) is 8.12. The second-order valence-electron chi connectivity index (χ2n) is 6.46. The molecule has 108 valence electrons. The van der Waals surface area contributed by atoms with Gasteiger partial charge in [0.25, 0.3) is 0 Å². The second kappa shape index (κ2) is 5.51. The minimum absolute atomic E-state index is 0.00343. The normalized spacial score (nSPS) is 23.2. The molecule has 0 spiro atoms. The van der Waals surface area contributed by atoms with Crippen LogP contribution < -0.4 is 5.73 Å². The molecule has 1 aromatic rings. The molecule has 1 aromatic heterocycles. The Labute approximate surface area is 120 Å². The minimum Gasteiger partial charge on any atom is -0.368 e. The van der Waals surface area contributed by atoms with Gasteiger partial charge >= 0.3 is 0 Å². The van der Waals surface area contributed by atoms with Crippen molar-refractivity contribution in [2.75, 3.05) is 6.61 Å². The fourth-order valence-electron chi connectivity index (χ4n) is 2.73. The Bertz CT molecular complexity index is 416. The summed E-state index contributed by atoms with van der Waals surface area (Å²) in [6, 6.07) is 0.00343. The highest BCUT2D eigenvalue weighted by Crippen LogP contribution is 2.48. The first-order chi connectivity index (χ1) is 8.88. The maximum atomic E-state index is 6.15. The first kappa shape index (κ1) is 14.9. The van der Waals surface area contributed by atoms with E-state index in [0.717, 1.165) is 30.2 Å². The van der Waals surface area contributed by atoms with Gasteiger partial charge in [-0.2, -0.15) is 0 Å². The quantitative estimate of drug-likeness (QED) is 0.908. The fourth-order valence-corrected chi connectivity index (χ4v) is 3.87. The Balaban J connectivity index is 2.24. The largest absolute Gasteiger partial charge is 0.368 e. The number of hydrogen-bond donors (Lipinski definition) is 1. The molecule has 1 fully saturated rings. The summed E-state index contributed by atoms with van der Waals surface area (Å²) in [5.74, 6) is 0. The van der Waals surface area contributed by atoms with Gasteiger partial charge in [-0.3, -0.25) is 0 Å². The number of nitrogens with two attached hydrogens (primary N) is 1. The van der Waals surface area contributed by atoms with Crippen LogP contribution in [0.2, 0.25) is 0 Å². The molecule has 1 aliphatic rings. The summed E-state index contributed by atoms with van der Waals surface area (Å²) in [6.07, 6.45) is 4.53. The molecule has 2 N–H and O–H groups in total. The van der Waals surface area contributed by atoms with Crippen LogP contribution in [0.1, 0.15) is 70.1 Å². The van der Waals surface area contributed by atoms with E-state index in [1.807, 2.05) is 6.92 Å². The molecule has 0 radical (unpaired) electrons. The van der Waals surface area contributed by atoms with Gasteiger partial charge in [0.05, 0.1) is 5.69 Å². The van der Waals surface area contributed by atoms with Gasteiger partial charge in [-0.1, -0.05) is 13.8 Å². The predicted molar refractivity (Wildman–Crippen MR) is 80.3 cm³/mol. The third-order valence-electron chi connectivity index (χ3n) is 4.21. The van der Waals surface area contributed by atoms with Crippen LogP contribution in [-0.4, -0.2) is 11.6 Å². The highest BCUT2D eigenvalue weighted by atomic mass is 32.1. The molecule has 19 heavy (non-hydrogen) atoms. The van der Waals surface area contributed by atoms with Gasteiger partial charge in [0.2, 0.25) is 0 Å². The van der Waals surface area contributed by atoms with Gasteiger partial charge in [-0.25, -0.2) is 4.98 Å². The van der Waals surface area contributed by atoms with Crippen LogP contribution in [0.5, 0.6) is 0 Å². The SMILES string of the molecule is CCOC1(c2nc(C(C)N)cs2)CCC(C)(C)CC1. The third kappa shape index (κ3) is 3.18. The van der Waals surface area contributed by atoms with Gasteiger partial charge in [0, 0.05) is 18.0 Å². The van der Waals surface area contributed by atoms with Crippen LogP contribution in [0.15, 0.2) is 5.38 Å². The van der Waals surface area contributed by atoms with E-state index in [9.17, 15) is 0 Å². The minimum atomic E-state index is -0.165. The highest BCUT2D eigenvalue weighted by molar-refractivity contribution is 7.09. The summed E-state index contributed by atoms with van der Waals surface area (Å²) in [6.45, 7) is 9.49. The lowest BCUT2D eigenvalue weighted by atomic mass is 9.71. The molecular formula is C15H26N2OS. The van der Waals surface area contributed by atoms with Crippen LogP contribution in [0.3, 0.4) is 0 Å². The van der Waals surface area contributed by atoms with Gasteiger partial charge in [0.15, 0.2) is 0 Å². The molecule has 1 aliphatic carbocycles. The number of ether oxygens (including phenoxy) is 1. The lowest BCUT2D eigenvalue weighted by Crippen LogP contribution is -2.37. The Morgan fingerprint density at radius 1 is 1.37 bits per heavy atom. The number of aromatic nitrogens is 1. The molecular weight excluding hydrogens is 256 g/mol. The summed E-state index contributed by atoms with van der Waals surface area (Å²) in [7, 11) is 0. The topological polar surface area (TPSA) is 48.1 Å². The zero-order chi connectivity index (χ0) is 14.1. The van der Waals surface area contributed by atoms with E-state index >= 15 is 0 Å². The average Bonchev–Trinajstić information content (AvgIpc) is 2.83. The number of nitrogens with zero attached hydrogens (tertiary/aromatic N) is 1. The summed E-state index contributed by atoms with van der Waals surface area (Å²) in [5.41, 5.74) is 7.18. The Hall–Kier alpha value is -0.450. The fraction of sp³-hybridized carbons (Fsp3) is 0.800. The predicted octanol–water partition coefficient (Wildman–Crippen LogP) is 3.99. The molecule has 1 saturated carbocycles. The average molecular weight is 282 g/mol. The standard InChI is InChI=1S/C15H26N2OS/c1-5-18-15(8-6-14(3,4)7-9-15)13-17-12(10-19-13)11(2)16/h10-11H,5-9,16H2,1-4H3. The van der Waals surface area contributed by atoms with E-state index in [2.05, 4.69) is 26.2 Å². The van der Waals surface area contributed by atoms with Crippen LogP contribution >= 0.6 is 11.3 Å². The summed E-state index contributed by atoms with van der Waals surface area (Å²) in [5, 5.41) is 3.21. The van der Waals surface area contributed by atoms with Crippen molar-refractivity contribution >= 4 is 11.3 Å². The van der Waals surface area contributed by atoms with Crippen molar-refractivity contribution in [1.29, 1.82) is 0 Å². The third-order valence-corrected chi connectivity index (χ3v) is 5.26. The van der Waals surface area contributed by atoms with E-state index < -0.39 is 0 Å². The van der Waals surface area contributed by atoms with Gasteiger partial charge < -0.3 is 10.5 Å². The Kier molecular flexibility index (Phi) is 4.33. The molecule has 1 unspecified atom stereocenters. The maximum Gasteiger partial charge on any atom is 0.125 e. The molecule has 0 aliphatic heterocycles. The summed E-state index contributed by atoms with van der Waals surface area (Å²) in [4.78, 5) is 4.74. The van der Waals surface area contributed by atoms with Crippen LogP contribution in [0.4, 0.5) is 0 Å². The van der Waals surface area contributed by atoms with Gasteiger partial charge in [-0.05, 0) is 44.9 Å². The molecule has 3 nitrogen and oxygen atoms in total. The number of hydrogen-bond acceptors (Lipinski definition) is 4. The Morgan fingerprint density at radius 2 is 2.00 bits per heavy atom. The highest BCUT2D eigenvalue weighted by Gasteiger charge is 2.42. The van der Waals surface area contributed by atoms with Gasteiger partial charge in [-0.15, -0.1) is 11.3 Å². The zero-order valence-electron chi connectivity index (χ0n) is 12.5. The number of rotatable bonds is 4. The molecule has 2 rings (SSSR count). The van der Waals surface area contributed by atoms with E-state index in [1.165, 1.54) is 12.8 Å². The lowest BCUT2D eigenvalue weighted by molar-refractivity contribution is -0.0891. The zero-order valence-corrected chi connectivity index (χ0v) is 13.3. The smallest absolute Gasteiger partial charge is 0.125 e. The first-order valence-electron chi connectivity index (χ1n) is 7.24. The molecule has 0 bridgehead atoms. The molecule has 0 aromatic carbocycles. The van der Waals surface area contributed by atoms with E-state index in [-0.39, 0.29) is 11.6 Å². The monoisotopic (exact) mass is 282 g/mol. The van der Waals surface area contributed by atoms with Crippen molar-refractivity contribution in [2.24, 2.45) is 11.1 Å².